The van der Waals surface area contributed by atoms with E-state index in [0.29, 0.717) is 12.8 Å². The van der Waals surface area contributed by atoms with Gasteiger partial charge >= 0.3 is 11.9 Å². The Labute approximate surface area is 344 Å². The minimum Gasteiger partial charge on any atom is -0.544 e. The molecule has 0 rings (SSSR count). The van der Waals surface area contributed by atoms with E-state index in [2.05, 4.69) is 62.5 Å². The van der Waals surface area contributed by atoms with Crippen molar-refractivity contribution < 1.29 is 38.2 Å². The van der Waals surface area contributed by atoms with Crippen LogP contribution in [0.25, 0.3) is 0 Å². The van der Waals surface area contributed by atoms with E-state index < -0.39 is 18.1 Å². The van der Waals surface area contributed by atoms with Crippen LogP contribution in [0.1, 0.15) is 187 Å². The largest absolute Gasteiger partial charge is 0.544 e. The molecule has 2 atom stereocenters. The van der Waals surface area contributed by atoms with Gasteiger partial charge in [0.1, 0.15) is 12.6 Å². The van der Waals surface area contributed by atoms with E-state index in [0.717, 1.165) is 38.5 Å². The molecule has 0 saturated heterocycles. The topological polar surface area (TPSA) is 102 Å². The summed E-state index contributed by atoms with van der Waals surface area (Å²) in [7, 11) is 5.39. The van der Waals surface area contributed by atoms with Crippen molar-refractivity contribution in [3.8, 4) is 0 Å². The summed E-state index contributed by atoms with van der Waals surface area (Å²) in [6.07, 6.45) is 45.7. The quantitative estimate of drug-likeness (QED) is 0.0264. The van der Waals surface area contributed by atoms with Crippen LogP contribution in [-0.4, -0.2) is 75.5 Å². The number of rotatable bonds is 40. The third-order valence-electron chi connectivity index (χ3n) is 9.94. The number of allylic oxidation sites excluding steroid dienone is 8. The van der Waals surface area contributed by atoms with Crippen LogP contribution < -0.4 is 5.11 Å². The van der Waals surface area contributed by atoms with Gasteiger partial charge in [0, 0.05) is 19.3 Å². The van der Waals surface area contributed by atoms with Crippen molar-refractivity contribution >= 4 is 17.9 Å². The number of nitrogens with zero attached hydrogens (tertiary/aromatic N) is 1. The molecule has 0 aliphatic rings. The van der Waals surface area contributed by atoms with Crippen LogP contribution in [-0.2, 0) is 28.6 Å². The van der Waals surface area contributed by atoms with E-state index in [1.165, 1.54) is 109 Å². The Balaban J connectivity index is 4.43. The van der Waals surface area contributed by atoms with Crippen molar-refractivity contribution in [1.29, 1.82) is 0 Å². The summed E-state index contributed by atoms with van der Waals surface area (Å²) < 4.78 is 17.1. The van der Waals surface area contributed by atoms with Crippen molar-refractivity contribution in [2.75, 3.05) is 41.0 Å². The second-order valence-corrected chi connectivity index (χ2v) is 16.3. The Morgan fingerprint density at radius 2 is 0.964 bits per heavy atom. The summed E-state index contributed by atoms with van der Waals surface area (Å²) in [5.41, 5.74) is 0. The van der Waals surface area contributed by atoms with Crippen LogP contribution in [0.15, 0.2) is 48.6 Å². The van der Waals surface area contributed by atoms with Crippen LogP contribution >= 0.6 is 0 Å². The molecule has 56 heavy (non-hydrogen) atoms. The molecule has 0 aromatic heterocycles. The molecule has 0 aliphatic heterocycles. The van der Waals surface area contributed by atoms with Crippen molar-refractivity contribution in [1.82, 2.24) is 0 Å². The summed E-state index contributed by atoms with van der Waals surface area (Å²) in [5.74, 6) is -1.81. The molecule has 0 saturated carbocycles. The van der Waals surface area contributed by atoms with Crippen molar-refractivity contribution in [2.45, 2.75) is 199 Å². The van der Waals surface area contributed by atoms with Crippen LogP contribution in [0.3, 0.4) is 0 Å². The molecule has 0 bridgehead atoms. The van der Waals surface area contributed by atoms with Crippen molar-refractivity contribution in [3.63, 3.8) is 0 Å². The fourth-order valence-corrected chi connectivity index (χ4v) is 6.37. The zero-order valence-corrected chi connectivity index (χ0v) is 36.8. The summed E-state index contributed by atoms with van der Waals surface area (Å²) in [5, 5.41) is 11.6. The second-order valence-electron chi connectivity index (χ2n) is 16.3. The van der Waals surface area contributed by atoms with E-state index in [4.69, 9.17) is 14.2 Å². The Kier molecular flexibility index (Phi) is 37.2. The molecule has 0 radical (unpaired) electrons. The van der Waals surface area contributed by atoms with Crippen LogP contribution in [0.2, 0.25) is 0 Å². The maximum atomic E-state index is 12.7. The van der Waals surface area contributed by atoms with Gasteiger partial charge in [-0.15, -0.1) is 0 Å². The highest BCUT2D eigenvalue weighted by molar-refractivity contribution is 5.70. The van der Waals surface area contributed by atoms with Gasteiger partial charge in [-0.2, -0.15) is 0 Å². The standard InChI is InChI=1S/C48H85NO7/c1-6-8-10-12-14-16-18-20-22-23-25-27-29-31-33-35-37-39-47(51)56-44(42-54-41-40-45(48(52)53)49(3,4)5)43-55-46(50)38-36-34-32-30-28-26-24-21-19-17-15-13-11-9-7-2/h17,19-20,22,25,27,31,33,44-45H,6-16,18,21,23-24,26,28-30,32,34-43H2,1-5H3/b19-17+,22-20+,27-25+,33-31+. The predicted molar refractivity (Wildman–Crippen MR) is 231 cm³/mol. The van der Waals surface area contributed by atoms with Gasteiger partial charge < -0.3 is 28.6 Å². The van der Waals surface area contributed by atoms with Gasteiger partial charge in [-0.1, -0.05) is 146 Å². The first-order valence-corrected chi connectivity index (χ1v) is 22.7. The monoisotopic (exact) mass is 788 g/mol. The third-order valence-corrected chi connectivity index (χ3v) is 9.94. The van der Waals surface area contributed by atoms with Gasteiger partial charge in [-0.25, -0.2) is 0 Å². The van der Waals surface area contributed by atoms with Gasteiger partial charge in [-0.3, -0.25) is 9.59 Å². The number of esters is 2. The fraction of sp³-hybridized carbons (Fsp3) is 0.771. The number of aliphatic carboxylic acids is 1. The number of quaternary nitrogens is 1. The molecule has 0 aliphatic carbocycles. The smallest absolute Gasteiger partial charge is 0.306 e. The molecule has 8 heteroatoms. The number of unbranched alkanes of at least 4 members (excludes halogenated alkanes) is 18. The number of carbonyl (C=O) groups is 3. The fourth-order valence-electron chi connectivity index (χ4n) is 6.37. The molecule has 324 valence electrons. The van der Waals surface area contributed by atoms with E-state index in [1.807, 2.05) is 0 Å². The van der Waals surface area contributed by atoms with Gasteiger partial charge in [0.15, 0.2) is 6.10 Å². The predicted octanol–water partition coefficient (Wildman–Crippen LogP) is 11.1. The molecule has 2 unspecified atom stereocenters. The number of ether oxygens (including phenoxy) is 3. The SMILES string of the molecule is CCCCCC/C=C/CCCCCCCCCC(=O)OCC(COCCC(C(=O)[O-])[N+](C)(C)C)OC(=O)CCC/C=C/C/C=C/C/C=C/CCCCCCCC. The summed E-state index contributed by atoms with van der Waals surface area (Å²) in [4.78, 5) is 36.8. The molecule has 0 N–H and O–H groups in total. The Morgan fingerprint density at radius 3 is 1.48 bits per heavy atom. The van der Waals surface area contributed by atoms with Crippen LogP contribution in [0, 0.1) is 0 Å². The lowest BCUT2D eigenvalue weighted by molar-refractivity contribution is -0.889. The van der Waals surface area contributed by atoms with E-state index in [9.17, 15) is 19.5 Å². The number of carboxylic acids is 1. The molecule has 0 amide bonds. The van der Waals surface area contributed by atoms with Crippen LogP contribution in [0.5, 0.6) is 0 Å². The van der Waals surface area contributed by atoms with E-state index in [1.54, 1.807) is 21.1 Å². The molecule has 8 nitrogen and oxygen atoms in total. The van der Waals surface area contributed by atoms with E-state index >= 15 is 0 Å². The summed E-state index contributed by atoms with van der Waals surface area (Å²) in [6, 6.07) is -0.735. The average Bonchev–Trinajstić information content (AvgIpc) is 3.15. The number of hydrogen-bond acceptors (Lipinski definition) is 7. The zero-order valence-electron chi connectivity index (χ0n) is 36.8. The Bertz CT molecular complexity index is 1060. The lowest BCUT2D eigenvalue weighted by Gasteiger charge is -2.34. The van der Waals surface area contributed by atoms with Crippen molar-refractivity contribution in [3.05, 3.63) is 48.6 Å². The van der Waals surface area contributed by atoms with E-state index in [-0.39, 0.29) is 49.1 Å². The number of hydrogen-bond donors (Lipinski definition) is 0. The average molecular weight is 788 g/mol. The molecular formula is C48H85NO7. The Hall–Kier alpha value is -2.71. The minimum atomic E-state index is -1.13. The summed E-state index contributed by atoms with van der Waals surface area (Å²) in [6.45, 7) is 4.58. The Morgan fingerprint density at radius 1 is 0.536 bits per heavy atom. The normalized spacial score (nSPS) is 13.4. The molecule has 0 spiro atoms. The van der Waals surface area contributed by atoms with Gasteiger partial charge in [-0.05, 0) is 70.6 Å². The number of carbonyl (C=O) groups excluding carboxylic acids is 3. The van der Waals surface area contributed by atoms with Gasteiger partial charge in [0.05, 0.1) is 40.3 Å². The minimum absolute atomic E-state index is 0.0190. The molecular weight excluding hydrogens is 703 g/mol. The van der Waals surface area contributed by atoms with Gasteiger partial charge in [0.2, 0.25) is 0 Å². The van der Waals surface area contributed by atoms with Crippen LogP contribution in [0.4, 0.5) is 0 Å². The second kappa shape index (κ2) is 39.1. The highest BCUT2D eigenvalue weighted by Crippen LogP contribution is 2.13. The molecule has 0 aromatic carbocycles. The zero-order chi connectivity index (χ0) is 41.4. The molecule has 0 heterocycles. The maximum absolute atomic E-state index is 12.7. The summed E-state index contributed by atoms with van der Waals surface area (Å²) >= 11 is 0. The molecule has 0 fully saturated rings. The first kappa shape index (κ1) is 53.3. The highest BCUT2D eigenvalue weighted by Gasteiger charge is 2.25. The first-order valence-electron chi connectivity index (χ1n) is 22.7. The number of carboxylic acid groups (broad SMARTS) is 1. The van der Waals surface area contributed by atoms with Gasteiger partial charge in [0.25, 0.3) is 0 Å². The first-order chi connectivity index (χ1) is 27.1. The van der Waals surface area contributed by atoms with Crippen molar-refractivity contribution in [2.24, 2.45) is 0 Å². The third kappa shape index (κ3) is 36.9. The highest BCUT2D eigenvalue weighted by atomic mass is 16.6. The maximum Gasteiger partial charge on any atom is 0.306 e. The molecule has 0 aromatic rings. The lowest BCUT2D eigenvalue weighted by Crippen LogP contribution is -2.55. The lowest BCUT2D eigenvalue weighted by atomic mass is 10.1. The number of likely N-dealkylation sites (N-methyl/N-ethyl adjacent to an activating group) is 1.